The van der Waals surface area contributed by atoms with Crippen LogP contribution in [-0.4, -0.2) is 19.6 Å². The van der Waals surface area contributed by atoms with E-state index < -0.39 is 0 Å². The molecule has 3 nitrogen and oxygen atoms in total. The molecule has 1 heterocycles. The topological polar surface area (TPSA) is 39.1 Å². The van der Waals surface area contributed by atoms with Gasteiger partial charge in [-0.3, -0.25) is 0 Å². The summed E-state index contributed by atoms with van der Waals surface area (Å²) in [5.41, 5.74) is 2.78. The lowest BCUT2D eigenvalue weighted by molar-refractivity contribution is 0.557. The van der Waals surface area contributed by atoms with Gasteiger partial charge < -0.3 is 10.2 Å². The minimum Gasteiger partial charge on any atom is -0.384 e. The molecule has 1 N–H and O–H groups in total. The Hall–Kier alpha value is -1.69. The minimum absolute atomic E-state index is 0.264. The summed E-state index contributed by atoms with van der Waals surface area (Å²) in [7, 11) is 0. The first-order valence-corrected chi connectivity index (χ1v) is 7.77. The number of nitriles is 1. The standard InChI is InChI=1S/C17H23N3/c18-11-10-17(8-9-17)14-19-15-4-6-16(7-5-15)20-12-2-1-3-13-20/h4-7,19H,1-3,8-10,12-14H2. The van der Waals surface area contributed by atoms with Crippen LogP contribution in [0.15, 0.2) is 24.3 Å². The van der Waals surface area contributed by atoms with Gasteiger partial charge in [0.1, 0.15) is 0 Å². The van der Waals surface area contributed by atoms with Crippen LogP contribution in [0.1, 0.15) is 38.5 Å². The monoisotopic (exact) mass is 269 g/mol. The maximum absolute atomic E-state index is 8.84. The largest absolute Gasteiger partial charge is 0.384 e. The predicted molar refractivity (Wildman–Crippen MR) is 82.9 cm³/mol. The molecule has 0 aromatic heterocycles. The molecule has 1 saturated carbocycles. The van der Waals surface area contributed by atoms with E-state index in [4.69, 9.17) is 5.26 Å². The lowest BCUT2D eigenvalue weighted by atomic mass is 10.0. The van der Waals surface area contributed by atoms with Crippen LogP contribution >= 0.6 is 0 Å². The van der Waals surface area contributed by atoms with Crippen LogP contribution < -0.4 is 10.2 Å². The van der Waals surface area contributed by atoms with Crippen molar-refractivity contribution in [3.05, 3.63) is 24.3 Å². The van der Waals surface area contributed by atoms with Crippen LogP contribution in [0.5, 0.6) is 0 Å². The highest BCUT2D eigenvalue weighted by molar-refractivity contribution is 5.55. The van der Waals surface area contributed by atoms with E-state index in [0.717, 1.165) is 6.54 Å². The summed E-state index contributed by atoms with van der Waals surface area (Å²) in [6.45, 7) is 3.32. The summed E-state index contributed by atoms with van der Waals surface area (Å²) in [6.07, 6.45) is 7.08. The summed E-state index contributed by atoms with van der Waals surface area (Å²) in [5, 5.41) is 12.3. The van der Waals surface area contributed by atoms with Gasteiger partial charge in [-0.2, -0.15) is 5.26 Å². The number of piperidine rings is 1. The number of nitrogens with zero attached hydrogens (tertiary/aromatic N) is 2. The van der Waals surface area contributed by atoms with E-state index in [0.29, 0.717) is 6.42 Å². The van der Waals surface area contributed by atoms with Gasteiger partial charge in [0.05, 0.1) is 6.07 Å². The average molecular weight is 269 g/mol. The first-order chi connectivity index (χ1) is 9.81. The molecular weight excluding hydrogens is 246 g/mol. The van der Waals surface area contributed by atoms with E-state index in [1.807, 2.05) is 0 Å². The van der Waals surface area contributed by atoms with Gasteiger partial charge in [-0.1, -0.05) is 0 Å². The summed E-state index contributed by atoms with van der Waals surface area (Å²) >= 11 is 0. The Labute approximate surface area is 121 Å². The molecule has 0 bridgehead atoms. The van der Waals surface area contributed by atoms with Crippen molar-refractivity contribution in [2.24, 2.45) is 5.41 Å². The highest BCUT2D eigenvalue weighted by Gasteiger charge is 2.42. The van der Waals surface area contributed by atoms with Crippen molar-refractivity contribution in [1.29, 1.82) is 5.26 Å². The van der Waals surface area contributed by atoms with E-state index in [9.17, 15) is 0 Å². The van der Waals surface area contributed by atoms with Gasteiger partial charge in [0, 0.05) is 42.8 Å². The average Bonchev–Trinajstić information content (AvgIpc) is 3.27. The van der Waals surface area contributed by atoms with Crippen LogP contribution in [0, 0.1) is 16.7 Å². The minimum atomic E-state index is 0.264. The number of rotatable bonds is 5. The van der Waals surface area contributed by atoms with Crippen LogP contribution in [0.2, 0.25) is 0 Å². The van der Waals surface area contributed by atoms with Crippen molar-refractivity contribution in [3.8, 4) is 6.07 Å². The molecule has 1 aliphatic carbocycles. The third-order valence-corrected chi connectivity index (χ3v) is 4.67. The Bertz CT molecular complexity index is 476. The number of nitrogens with one attached hydrogen (secondary N) is 1. The Balaban J connectivity index is 1.55. The van der Waals surface area contributed by atoms with Gasteiger partial charge in [-0.25, -0.2) is 0 Å². The van der Waals surface area contributed by atoms with Crippen LogP contribution in [0.25, 0.3) is 0 Å². The molecular formula is C17H23N3. The molecule has 0 unspecified atom stereocenters. The van der Waals surface area contributed by atoms with Gasteiger partial charge in [-0.15, -0.1) is 0 Å². The first kappa shape index (κ1) is 13.3. The second-order valence-electron chi connectivity index (χ2n) is 6.28. The maximum Gasteiger partial charge on any atom is 0.0628 e. The Morgan fingerprint density at radius 1 is 1.10 bits per heavy atom. The van der Waals surface area contributed by atoms with Crippen LogP contribution in [-0.2, 0) is 0 Å². The molecule has 106 valence electrons. The van der Waals surface area contributed by atoms with Crippen molar-refractivity contribution in [3.63, 3.8) is 0 Å². The molecule has 3 rings (SSSR count). The van der Waals surface area contributed by atoms with Crippen molar-refractivity contribution < 1.29 is 0 Å². The van der Waals surface area contributed by atoms with Gasteiger partial charge in [-0.05, 0) is 56.4 Å². The Morgan fingerprint density at radius 2 is 1.80 bits per heavy atom. The fraction of sp³-hybridized carbons (Fsp3) is 0.588. The quantitative estimate of drug-likeness (QED) is 0.884. The number of anilines is 2. The smallest absolute Gasteiger partial charge is 0.0628 e. The Morgan fingerprint density at radius 3 is 2.40 bits per heavy atom. The van der Waals surface area contributed by atoms with E-state index in [1.54, 1.807) is 0 Å². The van der Waals surface area contributed by atoms with E-state index in [-0.39, 0.29) is 5.41 Å². The van der Waals surface area contributed by atoms with Crippen molar-refractivity contribution in [1.82, 2.24) is 0 Å². The van der Waals surface area contributed by atoms with Gasteiger partial charge >= 0.3 is 0 Å². The summed E-state index contributed by atoms with van der Waals surface area (Å²) in [6, 6.07) is 11.1. The van der Waals surface area contributed by atoms with Gasteiger partial charge in [0.2, 0.25) is 0 Å². The molecule has 20 heavy (non-hydrogen) atoms. The fourth-order valence-electron chi connectivity index (χ4n) is 2.99. The molecule has 0 amide bonds. The zero-order chi connectivity index (χ0) is 13.8. The molecule has 2 aliphatic rings. The predicted octanol–water partition coefficient (Wildman–Crippen LogP) is 3.78. The highest BCUT2D eigenvalue weighted by Crippen LogP contribution is 2.48. The molecule has 0 atom stereocenters. The molecule has 1 aromatic carbocycles. The molecule has 0 spiro atoms. The third kappa shape index (κ3) is 3.07. The van der Waals surface area contributed by atoms with Crippen molar-refractivity contribution in [2.75, 3.05) is 29.9 Å². The van der Waals surface area contributed by atoms with Crippen molar-refractivity contribution >= 4 is 11.4 Å². The fourth-order valence-corrected chi connectivity index (χ4v) is 2.99. The second kappa shape index (κ2) is 5.75. The van der Waals surface area contributed by atoms with Gasteiger partial charge in [0.25, 0.3) is 0 Å². The molecule has 1 saturated heterocycles. The lowest BCUT2D eigenvalue weighted by Crippen LogP contribution is -2.29. The third-order valence-electron chi connectivity index (χ3n) is 4.67. The molecule has 1 aliphatic heterocycles. The zero-order valence-corrected chi connectivity index (χ0v) is 12.1. The molecule has 3 heteroatoms. The Kier molecular flexibility index (Phi) is 3.82. The molecule has 0 radical (unpaired) electrons. The van der Waals surface area contributed by atoms with Gasteiger partial charge in [0.15, 0.2) is 0 Å². The zero-order valence-electron chi connectivity index (χ0n) is 12.1. The number of benzene rings is 1. The SMILES string of the molecule is N#CCC1(CNc2ccc(N3CCCCC3)cc2)CC1. The van der Waals surface area contributed by atoms with E-state index in [1.165, 1.54) is 56.6 Å². The summed E-state index contributed by atoms with van der Waals surface area (Å²) in [5.74, 6) is 0. The first-order valence-electron chi connectivity index (χ1n) is 7.77. The van der Waals surface area contributed by atoms with Crippen molar-refractivity contribution in [2.45, 2.75) is 38.5 Å². The lowest BCUT2D eigenvalue weighted by Gasteiger charge is -2.29. The summed E-state index contributed by atoms with van der Waals surface area (Å²) < 4.78 is 0. The highest BCUT2D eigenvalue weighted by atomic mass is 15.1. The number of hydrogen-bond donors (Lipinski definition) is 1. The number of hydrogen-bond acceptors (Lipinski definition) is 3. The van der Waals surface area contributed by atoms with Crippen LogP contribution in [0.3, 0.4) is 0 Å². The van der Waals surface area contributed by atoms with E-state index in [2.05, 4.69) is 40.6 Å². The summed E-state index contributed by atoms with van der Waals surface area (Å²) in [4.78, 5) is 2.48. The van der Waals surface area contributed by atoms with E-state index >= 15 is 0 Å². The van der Waals surface area contributed by atoms with Crippen LogP contribution in [0.4, 0.5) is 11.4 Å². The normalized spacial score (nSPS) is 20.2. The maximum atomic E-state index is 8.84. The second-order valence-corrected chi connectivity index (χ2v) is 6.28. The molecule has 1 aromatic rings. The molecule has 2 fully saturated rings.